The number of aromatic nitrogens is 1. The number of hydrogen-bond donors (Lipinski definition) is 1. The Morgan fingerprint density at radius 1 is 1.21 bits per heavy atom. The normalized spacial score (nSPS) is 19.7. The number of ether oxygens (including phenoxy) is 1. The van der Waals surface area contributed by atoms with Crippen molar-refractivity contribution in [3.63, 3.8) is 0 Å². The first-order valence-electron chi connectivity index (χ1n) is 10.1. The van der Waals surface area contributed by atoms with Crippen LogP contribution in [-0.4, -0.2) is 61.2 Å². The van der Waals surface area contributed by atoms with Gasteiger partial charge in [0.05, 0.1) is 6.10 Å². The van der Waals surface area contributed by atoms with Gasteiger partial charge in [-0.3, -0.25) is 9.78 Å². The molecule has 148 valence electrons. The summed E-state index contributed by atoms with van der Waals surface area (Å²) in [6.07, 6.45) is 4.19. The van der Waals surface area contributed by atoms with Crippen LogP contribution in [0.2, 0.25) is 0 Å². The molecule has 1 amide bonds. The van der Waals surface area contributed by atoms with Crippen molar-refractivity contribution in [1.29, 1.82) is 0 Å². The Balaban J connectivity index is 1.34. The molecular formula is C22H28N4O2. The van der Waals surface area contributed by atoms with Crippen LogP contribution in [0, 0.1) is 6.92 Å². The molecule has 6 nitrogen and oxygen atoms in total. The number of carbonyl (C=O) groups excluding carboxylic acids is 1. The number of rotatable bonds is 5. The summed E-state index contributed by atoms with van der Waals surface area (Å²) in [4.78, 5) is 21.4. The third kappa shape index (κ3) is 4.44. The van der Waals surface area contributed by atoms with Crippen molar-refractivity contribution in [2.45, 2.75) is 25.9 Å². The van der Waals surface area contributed by atoms with Crippen LogP contribution in [0.3, 0.4) is 0 Å². The van der Waals surface area contributed by atoms with Gasteiger partial charge in [0.25, 0.3) is 5.91 Å². The van der Waals surface area contributed by atoms with Crippen LogP contribution in [0.25, 0.3) is 0 Å². The molecule has 2 aromatic rings. The fourth-order valence-electron chi connectivity index (χ4n) is 3.85. The molecule has 2 aliphatic rings. The van der Waals surface area contributed by atoms with E-state index in [-0.39, 0.29) is 12.0 Å². The first-order chi connectivity index (χ1) is 13.7. The van der Waals surface area contributed by atoms with Gasteiger partial charge in [0.15, 0.2) is 0 Å². The maximum atomic E-state index is 12.9. The average molecular weight is 380 g/mol. The minimum Gasteiger partial charge on any atom is -0.382 e. The molecule has 6 heteroatoms. The lowest BCUT2D eigenvalue weighted by Gasteiger charge is -2.36. The zero-order chi connectivity index (χ0) is 19.3. The molecule has 0 bridgehead atoms. The molecule has 0 saturated carbocycles. The summed E-state index contributed by atoms with van der Waals surface area (Å²) in [5.74, 6) is 0.00431. The van der Waals surface area contributed by atoms with Crippen molar-refractivity contribution >= 4 is 17.3 Å². The number of hydrogen-bond acceptors (Lipinski definition) is 5. The Labute approximate surface area is 166 Å². The molecule has 0 aliphatic carbocycles. The number of nitrogens with one attached hydrogen (secondary N) is 1. The molecule has 1 aromatic heterocycles. The molecule has 1 atom stereocenters. The van der Waals surface area contributed by atoms with Crippen LogP contribution < -0.4 is 10.2 Å². The quantitative estimate of drug-likeness (QED) is 0.864. The van der Waals surface area contributed by atoms with Gasteiger partial charge in [0.1, 0.15) is 5.69 Å². The van der Waals surface area contributed by atoms with Crippen molar-refractivity contribution in [3.05, 3.63) is 53.9 Å². The molecule has 28 heavy (non-hydrogen) atoms. The average Bonchev–Trinajstić information content (AvgIpc) is 3.26. The number of carbonyl (C=O) groups is 1. The first-order valence-corrected chi connectivity index (χ1v) is 10.1. The van der Waals surface area contributed by atoms with E-state index in [1.165, 1.54) is 11.3 Å². The monoisotopic (exact) mass is 380 g/mol. The van der Waals surface area contributed by atoms with E-state index in [1.807, 2.05) is 17.0 Å². The Morgan fingerprint density at radius 3 is 2.82 bits per heavy atom. The zero-order valence-electron chi connectivity index (χ0n) is 16.4. The lowest BCUT2D eigenvalue weighted by molar-refractivity contribution is 0.0741. The highest BCUT2D eigenvalue weighted by Crippen LogP contribution is 2.19. The van der Waals surface area contributed by atoms with Crippen molar-refractivity contribution in [2.24, 2.45) is 0 Å². The van der Waals surface area contributed by atoms with E-state index in [2.05, 4.69) is 46.4 Å². The molecule has 2 fully saturated rings. The maximum absolute atomic E-state index is 12.9. The molecule has 0 radical (unpaired) electrons. The van der Waals surface area contributed by atoms with E-state index in [4.69, 9.17) is 4.74 Å². The van der Waals surface area contributed by atoms with Crippen LogP contribution in [0.1, 0.15) is 28.9 Å². The summed E-state index contributed by atoms with van der Waals surface area (Å²) >= 11 is 0. The molecule has 2 aliphatic heterocycles. The predicted molar refractivity (Wildman–Crippen MR) is 111 cm³/mol. The Morgan fingerprint density at radius 2 is 2.07 bits per heavy atom. The Kier molecular flexibility index (Phi) is 5.76. The van der Waals surface area contributed by atoms with Gasteiger partial charge in [0.2, 0.25) is 0 Å². The molecular weight excluding hydrogens is 352 g/mol. The van der Waals surface area contributed by atoms with Gasteiger partial charge in [-0.2, -0.15) is 0 Å². The van der Waals surface area contributed by atoms with Crippen LogP contribution >= 0.6 is 0 Å². The van der Waals surface area contributed by atoms with Crippen LogP contribution in [-0.2, 0) is 4.74 Å². The number of pyridine rings is 1. The number of nitrogens with zero attached hydrogens (tertiary/aromatic N) is 3. The first kappa shape index (κ1) is 18.7. The van der Waals surface area contributed by atoms with Gasteiger partial charge in [-0.15, -0.1) is 0 Å². The number of amides is 1. The smallest absolute Gasteiger partial charge is 0.272 e. The van der Waals surface area contributed by atoms with Crippen molar-refractivity contribution in [1.82, 2.24) is 9.88 Å². The minimum absolute atomic E-state index is 0.00431. The maximum Gasteiger partial charge on any atom is 0.272 e. The lowest BCUT2D eigenvalue weighted by atomic mass is 10.2. The van der Waals surface area contributed by atoms with E-state index in [1.54, 1.807) is 6.20 Å². The summed E-state index contributed by atoms with van der Waals surface area (Å²) in [5, 5.41) is 3.37. The highest BCUT2D eigenvalue weighted by Gasteiger charge is 2.23. The molecule has 3 heterocycles. The minimum atomic E-state index is 0.00431. The predicted octanol–water partition coefficient (Wildman–Crippen LogP) is 2.94. The summed E-state index contributed by atoms with van der Waals surface area (Å²) in [6.45, 7) is 6.82. The summed E-state index contributed by atoms with van der Waals surface area (Å²) in [7, 11) is 0. The fourth-order valence-corrected chi connectivity index (χ4v) is 3.85. The highest BCUT2D eigenvalue weighted by atomic mass is 16.5. The Bertz CT molecular complexity index is 812. The Hall–Kier alpha value is -2.60. The molecule has 1 N–H and O–H groups in total. The van der Waals surface area contributed by atoms with Gasteiger partial charge in [-0.25, -0.2) is 0 Å². The zero-order valence-corrected chi connectivity index (χ0v) is 16.4. The molecule has 1 unspecified atom stereocenters. The van der Waals surface area contributed by atoms with Crippen LogP contribution in [0.4, 0.5) is 11.4 Å². The number of piperazine rings is 1. The topological polar surface area (TPSA) is 57.7 Å². The molecule has 0 spiro atoms. The largest absolute Gasteiger partial charge is 0.382 e. The highest BCUT2D eigenvalue weighted by molar-refractivity contribution is 5.93. The number of anilines is 2. The molecule has 4 rings (SSSR count). The van der Waals surface area contributed by atoms with E-state index >= 15 is 0 Å². The second-order valence-corrected chi connectivity index (χ2v) is 7.56. The van der Waals surface area contributed by atoms with E-state index in [9.17, 15) is 4.79 Å². The second kappa shape index (κ2) is 8.61. The summed E-state index contributed by atoms with van der Waals surface area (Å²) in [6, 6.07) is 12.3. The van der Waals surface area contributed by atoms with Crippen molar-refractivity contribution < 1.29 is 9.53 Å². The van der Waals surface area contributed by atoms with Gasteiger partial charge in [0, 0.05) is 56.9 Å². The second-order valence-electron chi connectivity index (χ2n) is 7.56. The van der Waals surface area contributed by atoms with Gasteiger partial charge in [-0.05, 0) is 49.6 Å². The van der Waals surface area contributed by atoms with Crippen LogP contribution in [0.5, 0.6) is 0 Å². The lowest BCUT2D eigenvalue weighted by Crippen LogP contribution is -2.49. The van der Waals surface area contributed by atoms with E-state index in [0.717, 1.165) is 44.8 Å². The molecule has 1 aromatic carbocycles. The number of aryl methyl sites for hydroxylation is 1. The van der Waals surface area contributed by atoms with Crippen LogP contribution in [0.15, 0.2) is 42.6 Å². The van der Waals surface area contributed by atoms with Gasteiger partial charge in [-0.1, -0.05) is 12.1 Å². The van der Waals surface area contributed by atoms with E-state index in [0.29, 0.717) is 18.8 Å². The van der Waals surface area contributed by atoms with Gasteiger partial charge < -0.3 is 19.9 Å². The van der Waals surface area contributed by atoms with Crippen molar-refractivity contribution in [3.8, 4) is 0 Å². The fraction of sp³-hybridized carbons (Fsp3) is 0.455. The molecule has 2 saturated heterocycles. The summed E-state index contributed by atoms with van der Waals surface area (Å²) < 4.78 is 5.64. The third-order valence-electron chi connectivity index (χ3n) is 5.47. The van der Waals surface area contributed by atoms with E-state index < -0.39 is 0 Å². The summed E-state index contributed by atoms with van der Waals surface area (Å²) in [5.41, 5.74) is 3.91. The van der Waals surface area contributed by atoms with Gasteiger partial charge >= 0.3 is 0 Å². The number of benzene rings is 1. The standard InChI is InChI=1S/C22H28N4O2/c1-17-4-2-5-19(14-17)25-9-11-26(12-10-25)22(27)21-15-18(7-8-23-21)24-16-20-6-3-13-28-20/h2,4-5,7-8,14-15,20H,3,6,9-13,16H2,1H3,(H,23,24). The SMILES string of the molecule is Cc1cccc(N2CCN(C(=O)c3cc(NCC4CCCO4)ccn3)CC2)c1. The third-order valence-corrected chi connectivity index (χ3v) is 5.47. The van der Waals surface area contributed by atoms with Crippen molar-refractivity contribution in [2.75, 3.05) is 49.5 Å².